The maximum atomic E-state index is 12.4. The van der Waals surface area contributed by atoms with Crippen molar-refractivity contribution >= 4 is 11.9 Å². The molecular formula is C13H24N4O2. The summed E-state index contributed by atoms with van der Waals surface area (Å²) >= 11 is 0. The van der Waals surface area contributed by atoms with Crippen LogP contribution in [0.2, 0.25) is 0 Å². The molecule has 0 unspecified atom stereocenters. The van der Waals surface area contributed by atoms with Gasteiger partial charge in [0.25, 0.3) is 0 Å². The predicted octanol–water partition coefficient (Wildman–Crippen LogP) is -0.0920. The van der Waals surface area contributed by atoms with E-state index >= 15 is 0 Å². The number of piperazine rings is 2. The quantitative estimate of drug-likeness (QED) is 0.668. The highest BCUT2D eigenvalue weighted by Crippen LogP contribution is 2.09. The zero-order valence-corrected chi connectivity index (χ0v) is 12.0. The van der Waals surface area contributed by atoms with Crippen molar-refractivity contribution < 1.29 is 9.59 Å². The molecular weight excluding hydrogens is 244 g/mol. The maximum Gasteiger partial charge on any atom is 0.320 e. The second-order valence-electron chi connectivity index (χ2n) is 5.20. The average Bonchev–Trinajstić information content (AvgIpc) is 2.46. The van der Waals surface area contributed by atoms with Crippen LogP contribution in [-0.2, 0) is 4.79 Å². The lowest BCUT2D eigenvalue weighted by Gasteiger charge is -2.40. The van der Waals surface area contributed by atoms with Gasteiger partial charge in [-0.1, -0.05) is 6.92 Å². The van der Waals surface area contributed by atoms with Crippen LogP contribution in [0.1, 0.15) is 13.8 Å². The fourth-order valence-corrected chi connectivity index (χ4v) is 2.67. The Morgan fingerprint density at radius 1 is 0.789 bits per heavy atom. The molecule has 2 saturated heterocycles. The Labute approximate surface area is 114 Å². The Morgan fingerprint density at radius 2 is 1.21 bits per heavy atom. The largest absolute Gasteiger partial charge is 0.339 e. The topological polar surface area (TPSA) is 47.1 Å². The van der Waals surface area contributed by atoms with E-state index in [-0.39, 0.29) is 11.9 Å². The molecule has 0 aromatic carbocycles. The smallest absolute Gasteiger partial charge is 0.320 e. The second-order valence-corrected chi connectivity index (χ2v) is 5.20. The molecule has 2 aliphatic heterocycles. The molecule has 0 spiro atoms. The van der Waals surface area contributed by atoms with E-state index in [1.165, 1.54) is 0 Å². The van der Waals surface area contributed by atoms with Crippen molar-refractivity contribution in [3.05, 3.63) is 0 Å². The molecule has 2 fully saturated rings. The normalized spacial score (nSPS) is 21.7. The summed E-state index contributed by atoms with van der Waals surface area (Å²) in [7, 11) is 0. The van der Waals surface area contributed by atoms with Gasteiger partial charge in [-0.05, 0) is 6.54 Å². The summed E-state index contributed by atoms with van der Waals surface area (Å²) in [6, 6.07) is 0.138. The molecule has 0 radical (unpaired) electrons. The van der Waals surface area contributed by atoms with Gasteiger partial charge in [-0.3, -0.25) is 4.79 Å². The van der Waals surface area contributed by atoms with Crippen LogP contribution in [0.15, 0.2) is 0 Å². The number of urea groups is 1. The van der Waals surface area contributed by atoms with Gasteiger partial charge in [0.2, 0.25) is 5.91 Å². The summed E-state index contributed by atoms with van der Waals surface area (Å²) in [4.78, 5) is 31.6. The molecule has 3 amide bonds. The van der Waals surface area contributed by atoms with E-state index in [1.807, 2.05) is 9.80 Å². The highest BCUT2D eigenvalue weighted by molar-refractivity contribution is 5.76. The minimum absolute atomic E-state index is 0.101. The number of rotatable bonds is 1. The molecule has 2 aliphatic rings. The minimum atomic E-state index is 0.101. The second kappa shape index (κ2) is 6.23. The van der Waals surface area contributed by atoms with Gasteiger partial charge < -0.3 is 19.6 Å². The molecule has 2 rings (SSSR count). The van der Waals surface area contributed by atoms with Crippen LogP contribution in [0.3, 0.4) is 0 Å². The van der Waals surface area contributed by atoms with Gasteiger partial charge >= 0.3 is 6.03 Å². The van der Waals surface area contributed by atoms with Crippen LogP contribution in [0.4, 0.5) is 4.79 Å². The van der Waals surface area contributed by atoms with E-state index in [1.54, 1.807) is 11.8 Å². The van der Waals surface area contributed by atoms with Crippen LogP contribution in [0.5, 0.6) is 0 Å². The highest BCUT2D eigenvalue weighted by atomic mass is 16.2. The Morgan fingerprint density at radius 3 is 1.63 bits per heavy atom. The Bertz CT molecular complexity index is 332. The molecule has 0 aromatic rings. The van der Waals surface area contributed by atoms with Gasteiger partial charge in [0.1, 0.15) is 0 Å². The van der Waals surface area contributed by atoms with Gasteiger partial charge in [-0.25, -0.2) is 4.79 Å². The Balaban J connectivity index is 1.80. The lowest BCUT2D eigenvalue weighted by molar-refractivity contribution is -0.130. The van der Waals surface area contributed by atoms with Crippen LogP contribution >= 0.6 is 0 Å². The molecule has 0 aromatic heterocycles. The van der Waals surface area contributed by atoms with Crippen molar-refractivity contribution in [2.75, 3.05) is 58.9 Å². The van der Waals surface area contributed by atoms with Crippen molar-refractivity contribution in [1.82, 2.24) is 19.6 Å². The van der Waals surface area contributed by atoms with Gasteiger partial charge in [-0.2, -0.15) is 0 Å². The zero-order valence-electron chi connectivity index (χ0n) is 12.0. The van der Waals surface area contributed by atoms with Gasteiger partial charge in [0.15, 0.2) is 0 Å². The highest BCUT2D eigenvalue weighted by Gasteiger charge is 2.27. The summed E-state index contributed by atoms with van der Waals surface area (Å²) in [6.45, 7) is 11.0. The number of amides is 3. The lowest BCUT2D eigenvalue weighted by atomic mass is 10.3. The monoisotopic (exact) mass is 268 g/mol. The van der Waals surface area contributed by atoms with E-state index in [4.69, 9.17) is 0 Å². The number of carbonyl (C=O) groups excluding carboxylic acids is 2. The Kier molecular flexibility index (Phi) is 4.63. The van der Waals surface area contributed by atoms with E-state index in [0.717, 1.165) is 32.7 Å². The van der Waals surface area contributed by atoms with Crippen LogP contribution < -0.4 is 0 Å². The number of likely N-dealkylation sites (N-methyl/N-ethyl adjacent to an activating group) is 1. The first-order chi connectivity index (χ1) is 9.11. The maximum absolute atomic E-state index is 12.4. The standard InChI is InChI=1S/C13H24N4O2/c1-3-14-4-6-16(7-5-14)13(19)17-10-8-15(9-11-17)12(2)18/h3-11H2,1-2H3. The SMILES string of the molecule is CCN1CCN(C(=O)N2CCN(C(C)=O)CC2)CC1. The van der Waals surface area contributed by atoms with Crippen LogP contribution in [-0.4, -0.2) is 90.4 Å². The fraction of sp³-hybridized carbons (Fsp3) is 0.846. The third-order valence-corrected chi connectivity index (χ3v) is 4.09. The van der Waals surface area contributed by atoms with Gasteiger partial charge in [0, 0.05) is 59.3 Å². The van der Waals surface area contributed by atoms with E-state index in [0.29, 0.717) is 26.2 Å². The third kappa shape index (κ3) is 3.37. The van der Waals surface area contributed by atoms with Gasteiger partial charge in [-0.15, -0.1) is 0 Å². The number of carbonyl (C=O) groups is 2. The van der Waals surface area contributed by atoms with Crippen molar-refractivity contribution in [3.63, 3.8) is 0 Å². The molecule has 108 valence electrons. The molecule has 0 saturated carbocycles. The number of hydrogen-bond acceptors (Lipinski definition) is 3. The summed E-state index contributed by atoms with van der Waals surface area (Å²) in [5.74, 6) is 0.101. The summed E-state index contributed by atoms with van der Waals surface area (Å²) in [5.41, 5.74) is 0. The van der Waals surface area contributed by atoms with E-state index in [2.05, 4.69) is 11.8 Å². The molecule has 19 heavy (non-hydrogen) atoms. The van der Waals surface area contributed by atoms with E-state index < -0.39 is 0 Å². The minimum Gasteiger partial charge on any atom is -0.339 e. The Hall–Kier alpha value is -1.30. The lowest BCUT2D eigenvalue weighted by Crippen LogP contribution is -2.57. The summed E-state index contributed by atoms with van der Waals surface area (Å²) in [5, 5.41) is 0. The summed E-state index contributed by atoms with van der Waals surface area (Å²) < 4.78 is 0. The average molecular weight is 268 g/mol. The first-order valence-electron chi connectivity index (χ1n) is 7.13. The summed E-state index contributed by atoms with van der Waals surface area (Å²) in [6.07, 6.45) is 0. The van der Waals surface area contributed by atoms with Crippen molar-refractivity contribution in [2.45, 2.75) is 13.8 Å². The van der Waals surface area contributed by atoms with Gasteiger partial charge in [0.05, 0.1) is 0 Å². The molecule has 2 heterocycles. The molecule has 0 aliphatic carbocycles. The first-order valence-corrected chi connectivity index (χ1v) is 7.13. The third-order valence-electron chi connectivity index (χ3n) is 4.09. The number of nitrogens with zero attached hydrogens (tertiary/aromatic N) is 4. The van der Waals surface area contributed by atoms with Crippen LogP contribution in [0, 0.1) is 0 Å². The fourth-order valence-electron chi connectivity index (χ4n) is 2.67. The molecule has 6 heteroatoms. The number of hydrogen-bond donors (Lipinski definition) is 0. The molecule has 0 atom stereocenters. The van der Waals surface area contributed by atoms with Crippen molar-refractivity contribution in [1.29, 1.82) is 0 Å². The molecule has 0 bridgehead atoms. The molecule has 0 N–H and O–H groups in total. The molecule has 6 nitrogen and oxygen atoms in total. The van der Waals surface area contributed by atoms with Crippen LogP contribution in [0.25, 0.3) is 0 Å². The van der Waals surface area contributed by atoms with Crippen molar-refractivity contribution in [3.8, 4) is 0 Å². The van der Waals surface area contributed by atoms with Crippen molar-refractivity contribution in [2.24, 2.45) is 0 Å². The predicted molar refractivity (Wildman–Crippen MR) is 72.9 cm³/mol. The zero-order chi connectivity index (χ0) is 13.8. The first kappa shape index (κ1) is 14.1. The van der Waals surface area contributed by atoms with E-state index in [9.17, 15) is 9.59 Å².